The summed E-state index contributed by atoms with van der Waals surface area (Å²) in [5.74, 6) is -0.293. The summed E-state index contributed by atoms with van der Waals surface area (Å²) in [4.78, 5) is 10.9. The maximum absolute atomic E-state index is 10.9. The van der Waals surface area contributed by atoms with Gasteiger partial charge in [0.05, 0.1) is 0 Å². The summed E-state index contributed by atoms with van der Waals surface area (Å²) in [7, 11) is 0. The largest absolute Gasteiger partial charge is 0.368 e. The molecule has 0 spiro atoms. The molecular formula is C5H8N4O. The third-order valence-electron chi connectivity index (χ3n) is 1.19. The summed E-state index contributed by atoms with van der Waals surface area (Å²) < 4.78 is 0.968. The maximum atomic E-state index is 10.9. The highest BCUT2D eigenvalue weighted by Crippen LogP contribution is 1.81. The molecule has 10 heavy (non-hydrogen) atoms. The SMILES string of the molecule is Cc1c[nH]n(C(=N)N)c1=O. The molecule has 1 heterocycles. The Kier molecular flexibility index (Phi) is 1.33. The Bertz CT molecular complexity index is 308. The van der Waals surface area contributed by atoms with E-state index in [1.807, 2.05) is 0 Å². The molecule has 54 valence electrons. The molecule has 1 rings (SSSR count). The van der Waals surface area contributed by atoms with Gasteiger partial charge in [0, 0.05) is 11.8 Å². The number of aromatic nitrogens is 2. The second-order valence-electron chi connectivity index (χ2n) is 1.98. The third kappa shape index (κ3) is 0.812. The lowest BCUT2D eigenvalue weighted by molar-refractivity contribution is 0.880. The fourth-order valence-electron chi connectivity index (χ4n) is 0.637. The van der Waals surface area contributed by atoms with Crippen LogP contribution in [0.5, 0.6) is 0 Å². The van der Waals surface area contributed by atoms with Gasteiger partial charge in [-0.25, -0.2) is 0 Å². The number of hydrogen-bond donors (Lipinski definition) is 3. The Morgan fingerprint density at radius 3 is 2.70 bits per heavy atom. The Morgan fingerprint density at radius 2 is 2.50 bits per heavy atom. The molecule has 0 aliphatic heterocycles. The van der Waals surface area contributed by atoms with Crippen LogP contribution in [0.4, 0.5) is 0 Å². The van der Waals surface area contributed by atoms with Gasteiger partial charge >= 0.3 is 0 Å². The predicted molar refractivity (Wildman–Crippen MR) is 37.1 cm³/mol. The number of nitrogens with two attached hydrogens (primary N) is 1. The van der Waals surface area contributed by atoms with Crippen molar-refractivity contribution in [2.24, 2.45) is 5.73 Å². The molecule has 0 unspecified atom stereocenters. The molecule has 0 fully saturated rings. The number of aromatic amines is 1. The lowest BCUT2D eigenvalue weighted by atomic mass is 10.4. The van der Waals surface area contributed by atoms with Crippen molar-refractivity contribution in [2.45, 2.75) is 6.92 Å². The predicted octanol–water partition coefficient (Wildman–Crippen LogP) is -0.774. The molecule has 0 saturated heterocycles. The Morgan fingerprint density at radius 1 is 1.90 bits per heavy atom. The van der Waals surface area contributed by atoms with Crippen LogP contribution in [-0.2, 0) is 0 Å². The molecule has 0 aromatic carbocycles. The van der Waals surface area contributed by atoms with Crippen LogP contribution < -0.4 is 11.3 Å². The van der Waals surface area contributed by atoms with E-state index in [1.165, 1.54) is 6.20 Å². The normalized spacial score (nSPS) is 9.70. The van der Waals surface area contributed by atoms with Crippen molar-refractivity contribution >= 4 is 5.96 Å². The van der Waals surface area contributed by atoms with Gasteiger partial charge in [0.1, 0.15) is 0 Å². The van der Waals surface area contributed by atoms with Gasteiger partial charge in [-0.05, 0) is 6.92 Å². The minimum Gasteiger partial charge on any atom is -0.368 e. The molecule has 5 nitrogen and oxygen atoms in total. The molecule has 4 N–H and O–H groups in total. The molecule has 0 aliphatic carbocycles. The highest BCUT2D eigenvalue weighted by molar-refractivity contribution is 5.75. The fraction of sp³-hybridized carbons (Fsp3) is 0.200. The molecule has 0 bridgehead atoms. The minimum absolute atomic E-state index is 0.271. The highest BCUT2D eigenvalue weighted by Gasteiger charge is 2.01. The monoisotopic (exact) mass is 140 g/mol. The average Bonchev–Trinajstić information content (AvgIpc) is 2.14. The lowest BCUT2D eigenvalue weighted by Crippen LogP contribution is -2.31. The van der Waals surface area contributed by atoms with E-state index in [1.54, 1.807) is 6.92 Å². The van der Waals surface area contributed by atoms with Gasteiger partial charge < -0.3 is 5.73 Å². The first kappa shape index (κ1) is 6.60. The third-order valence-corrected chi connectivity index (χ3v) is 1.19. The Labute approximate surface area is 57.0 Å². The van der Waals surface area contributed by atoms with Crippen molar-refractivity contribution in [3.63, 3.8) is 0 Å². The fourth-order valence-corrected chi connectivity index (χ4v) is 0.637. The van der Waals surface area contributed by atoms with E-state index in [0.29, 0.717) is 5.56 Å². The number of nitrogens with zero attached hydrogens (tertiary/aromatic N) is 1. The highest BCUT2D eigenvalue weighted by atomic mass is 16.1. The lowest BCUT2D eigenvalue weighted by Gasteiger charge is -1.92. The van der Waals surface area contributed by atoms with Crippen molar-refractivity contribution in [2.75, 3.05) is 0 Å². The molecule has 5 heteroatoms. The van der Waals surface area contributed by atoms with Crippen molar-refractivity contribution in [1.82, 2.24) is 9.78 Å². The second kappa shape index (κ2) is 2.02. The van der Waals surface area contributed by atoms with E-state index < -0.39 is 0 Å². The van der Waals surface area contributed by atoms with Crippen LogP contribution in [0.15, 0.2) is 11.0 Å². The number of aryl methyl sites for hydroxylation is 1. The molecule has 0 aliphatic rings. The van der Waals surface area contributed by atoms with Gasteiger partial charge in [0.15, 0.2) is 0 Å². The maximum Gasteiger partial charge on any atom is 0.276 e. The van der Waals surface area contributed by atoms with E-state index in [2.05, 4.69) is 5.10 Å². The van der Waals surface area contributed by atoms with Gasteiger partial charge in [0.25, 0.3) is 5.56 Å². The molecule has 0 radical (unpaired) electrons. The van der Waals surface area contributed by atoms with Crippen LogP contribution in [0, 0.1) is 12.3 Å². The van der Waals surface area contributed by atoms with Crippen LogP contribution in [0.2, 0.25) is 0 Å². The summed E-state index contributed by atoms with van der Waals surface area (Å²) in [6, 6.07) is 0. The zero-order valence-electron chi connectivity index (χ0n) is 5.51. The summed E-state index contributed by atoms with van der Waals surface area (Å²) in [6.07, 6.45) is 1.50. The standard InChI is InChI=1S/C5H8N4O/c1-3-2-8-9(4(3)10)5(6)7/h2,8H,1H3,(H3,6,7). The van der Waals surface area contributed by atoms with Gasteiger partial charge in [-0.15, -0.1) is 0 Å². The first-order valence-electron chi connectivity index (χ1n) is 2.74. The summed E-state index contributed by atoms with van der Waals surface area (Å²) in [5.41, 5.74) is 5.32. The van der Waals surface area contributed by atoms with Gasteiger partial charge in [0.2, 0.25) is 5.96 Å². The number of hydrogen-bond acceptors (Lipinski definition) is 2. The van der Waals surface area contributed by atoms with Crippen molar-refractivity contribution in [3.8, 4) is 0 Å². The molecule has 1 aromatic heterocycles. The molecular weight excluding hydrogens is 132 g/mol. The van der Waals surface area contributed by atoms with Gasteiger partial charge in [-0.2, -0.15) is 4.68 Å². The zero-order chi connectivity index (χ0) is 7.72. The van der Waals surface area contributed by atoms with Crippen LogP contribution >= 0.6 is 0 Å². The second-order valence-corrected chi connectivity index (χ2v) is 1.98. The average molecular weight is 140 g/mol. The van der Waals surface area contributed by atoms with Gasteiger partial charge in [-0.1, -0.05) is 0 Å². The van der Waals surface area contributed by atoms with E-state index in [9.17, 15) is 4.79 Å². The van der Waals surface area contributed by atoms with Crippen molar-refractivity contribution in [1.29, 1.82) is 5.41 Å². The Balaban J connectivity index is 3.32. The van der Waals surface area contributed by atoms with Crippen LogP contribution in [0.1, 0.15) is 5.56 Å². The quantitative estimate of drug-likeness (QED) is 0.326. The van der Waals surface area contributed by atoms with E-state index in [-0.39, 0.29) is 11.5 Å². The topological polar surface area (TPSA) is 87.7 Å². The number of H-pyrrole nitrogens is 1. The molecule has 1 aromatic rings. The molecule has 0 atom stereocenters. The van der Waals surface area contributed by atoms with E-state index in [4.69, 9.17) is 11.1 Å². The zero-order valence-corrected chi connectivity index (χ0v) is 5.51. The molecule has 0 saturated carbocycles. The summed E-state index contributed by atoms with van der Waals surface area (Å²) in [5, 5.41) is 9.43. The Hall–Kier alpha value is -1.52. The first-order valence-corrected chi connectivity index (χ1v) is 2.74. The summed E-state index contributed by atoms with van der Waals surface area (Å²) in [6.45, 7) is 1.65. The number of rotatable bonds is 0. The van der Waals surface area contributed by atoms with Crippen LogP contribution in [0.3, 0.4) is 0 Å². The van der Waals surface area contributed by atoms with Crippen molar-refractivity contribution in [3.05, 3.63) is 22.1 Å². The van der Waals surface area contributed by atoms with Gasteiger partial charge in [-0.3, -0.25) is 15.3 Å². The number of nitrogens with one attached hydrogen (secondary N) is 2. The van der Waals surface area contributed by atoms with Crippen molar-refractivity contribution < 1.29 is 0 Å². The smallest absolute Gasteiger partial charge is 0.276 e. The summed E-state index contributed by atoms with van der Waals surface area (Å²) >= 11 is 0. The van der Waals surface area contributed by atoms with E-state index in [0.717, 1.165) is 4.68 Å². The van der Waals surface area contributed by atoms with E-state index >= 15 is 0 Å². The number of nitrogen functional groups attached to an aromatic ring is 1. The molecule has 0 amide bonds. The van der Waals surface area contributed by atoms with Crippen LogP contribution in [-0.4, -0.2) is 15.7 Å². The van der Waals surface area contributed by atoms with Crippen LogP contribution in [0.25, 0.3) is 0 Å². The minimum atomic E-state index is -0.293. The first-order chi connectivity index (χ1) is 4.63.